The first-order chi connectivity index (χ1) is 16.8. The maximum Gasteiger partial charge on any atom is 0.268 e. The summed E-state index contributed by atoms with van der Waals surface area (Å²) in [5.74, 6) is -2.37. The molecule has 35 heavy (non-hydrogen) atoms. The minimum atomic E-state index is -0.933. The van der Waals surface area contributed by atoms with Crippen molar-refractivity contribution in [3.63, 3.8) is 0 Å². The third kappa shape index (κ3) is 4.30. The van der Waals surface area contributed by atoms with Crippen molar-refractivity contribution >= 4 is 33.1 Å². The van der Waals surface area contributed by atoms with E-state index in [4.69, 9.17) is 4.52 Å². The fraction of sp³-hybridized carbons (Fsp3) is 0.0870. The number of hydrogen-bond donors (Lipinski definition) is 1. The van der Waals surface area contributed by atoms with Crippen molar-refractivity contribution in [2.45, 2.75) is 13.5 Å². The van der Waals surface area contributed by atoms with E-state index in [1.54, 1.807) is 6.92 Å². The average molecular weight is 497 g/mol. The second kappa shape index (κ2) is 8.80. The SMILES string of the molecule is Cc1c(-c2nc(-c3ccc(F)cc3)no2)sc2ncn(CC(=O)Nc3ccc(F)cc3F)c(=O)c12. The molecule has 3 aromatic heterocycles. The van der Waals surface area contributed by atoms with Crippen LogP contribution in [0, 0.1) is 24.4 Å². The molecule has 0 bridgehead atoms. The van der Waals surface area contributed by atoms with Crippen LogP contribution in [0.15, 0.2) is 58.1 Å². The molecule has 0 saturated carbocycles. The molecule has 1 N–H and O–H groups in total. The van der Waals surface area contributed by atoms with E-state index in [0.29, 0.717) is 26.9 Å². The number of anilines is 1. The number of aromatic nitrogens is 4. The van der Waals surface area contributed by atoms with Crippen LogP contribution in [0.4, 0.5) is 18.9 Å². The summed E-state index contributed by atoms with van der Waals surface area (Å²) in [6, 6.07) is 8.34. The van der Waals surface area contributed by atoms with Crippen molar-refractivity contribution < 1.29 is 22.5 Å². The number of rotatable bonds is 5. The number of fused-ring (bicyclic) bond motifs is 1. The van der Waals surface area contributed by atoms with Gasteiger partial charge in [-0.15, -0.1) is 11.3 Å². The summed E-state index contributed by atoms with van der Waals surface area (Å²) in [6.07, 6.45) is 1.21. The number of halogens is 3. The van der Waals surface area contributed by atoms with Gasteiger partial charge in [-0.3, -0.25) is 14.2 Å². The lowest BCUT2D eigenvalue weighted by Gasteiger charge is -2.08. The van der Waals surface area contributed by atoms with E-state index in [0.717, 1.165) is 16.7 Å². The molecule has 0 saturated heterocycles. The predicted molar refractivity (Wildman–Crippen MR) is 122 cm³/mol. The van der Waals surface area contributed by atoms with Crippen LogP contribution in [0.25, 0.3) is 32.4 Å². The van der Waals surface area contributed by atoms with E-state index < -0.39 is 35.5 Å². The molecular formula is C23H14F3N5O3S. The number of thiophene rings is 1. The summed E-state index contributed by atoms with van der Waals surface area (Å²) in [4.78, 5) is 35.0. The number of nitrogens with one attached hydrogen (secondary N) is 1. The van der Waals surface area contributed by atoms with Crippen molar-refractivity contribution in [3.05, 3.63) is 82.2 Å². The maximum absolute atomic E-state index is 13.8. The van der Waals surface area contributed by atoms with E-state index in [9.17, 15) is 22.8 Å². The van der Waals surface area contributed by atoms with E-state index in [1.807, 2.05) is 0 Å². The van der Waals surface area contributed by atoms with Crippen LogP contribution in [0.2, 0.25) is 0 Å². The van der Waals surface area contributed by atoms with Crippen molar-refractivity contribution in [1.29, 1.82) is 0 Å². The largest absolute Gasteiger partial charge is 0.333 e. The van der Waals surface area contributed by atoms with Crippen LogP contribution < -0.4 is 10.9 Å². The Morgan fingerprint density at radius 3 is 2.60 bits per heavy atom. The third-order valence-electron chi connectivity index (χ3n) is 5.16. The molecule has 176 valence electrons. The molecule has 0 aliphatic carbocycles. The van der Waals surface area contributed by atoms with Crippen LogP contribution >= 0.6 is 11.3 Å². The summed E-state index contributed by atoms with van der Waals surface area (Å²) in [6.45, 7) is 1.26. The van der Waals surface area contributed by atoms with Gasteiger partial charge < -0.3 is 9.84 Å². The summed E-state index contributed by atoms with van der Waals surface area (Å²) in [5.41, 5.74) is 0.407. The quantitative estimate of drug-likeness (QED) is 0.383. The smallest absolute Gasteiger partial charge is 0.268 e. The van der Waals surface area contributed by atoms with Crippen LogP contribution in [0.1, 0.15) is 5.56 Å². The molecule has 5 rings (SSSR count). The van der Waals surface area contributed by atoms with Gasteiger partial charge in [0.15, 0.2) is 0 Å². The Morgan fingerprint density at radius 1 is 1.11 bits per heavy atom. The Bertz CT molecular complexity index is 1640. The standard InChI is InChI=1S/C23H14F3N5O3S/c1-11-18-22(35-19(11)21-29-20(30-34-21)12-2-4-13(24)5-3-12)27-10-31(23(18)33)9-17(32)28-16-7-6-14(25)8-15(16)26/h2-8,10H,9H2,1H3,(H,28,32). The minimum absolute atomic E-state index is 0.167. The summed E-state index contributed by atoms with van der Waals surface area (Å²) < 4.78 is 46.5. The zero-order valence-corrected chi connectivity index (χ0v) is 18.7. The molecule has 0 radical (unpaired) electrons. The highest BCUT2D eigenvalue weighted by atomic mass is 32.1. The topological polar surface area (TPSA) is 103 Å². The molecular weight excluding hydrogens is 483 g/mol. The second-order valence-electron chi connectivity index (χ2n) is 7.52. The number of amides is 1. The monoisotopic (exact) mass is 497 g/mol. The zero-order valence-electron chi connectivity index (χ0n) is 17.9. The lowest BCUT2D eigenvalue weighted by atomic mass is 10.2. The van der Waals surface area contributed by atoms with Gasteiger partial charge in [-0.05, 0) is 48.9 Å². The van der Waals surface area contributed by atoms with Crippen LogP contribution in [-0.2, 0) is 11.3 Å². The van der Waals surface area contributed by atoms with Gasteiger partial charge in [0.25, 0.3) is 11.4 Å². The molecule has 8 nitrogen and oxygen atoms in total. The van der Waals surface area contributed by atoms with Gasteiger partial charge in [0.05, 0.1) is 22.3 Å². The Labute approximate surface area is 198 Å². The summed E-state index contributed by atoms with van der Waals surface area (Å²) in [7, 11) is 0. The molecule has 12 heteroatoms. The maximum atomic E-state index is 13.8. The van der Waals surface area contributed by atoms with Crippen molar-refractivity contribution in [2.75, 3.05) is 5.32 Å². The van der Waals surface area contributed by atoms with Gasteiger partial charge in [0.1, 0.15) is 28.8 Å². The fourth-order valence-electron chi connectivity index (χ4n) is 3.44. The molecule has 5 aromatic rings. The van der Waals surface area contributed by atoms with Crippen LogP contribution in [0.5, 0.6) is 0 Å². The molecule has 1 amide bonds. The third-order valence-corrected chi connectivity index (χ3v) is 6.35. The molecule has 0 aliphatic heterocycles. The van der Waals surface area contributed by atoms with Crippen molar-refractivity contribution in [3.8, 4) is 22.2 Å². The van der Waals surface area contributed by atoms with Crippen molar-refractivity contribution in [2.24, 2.45) is 0 Å². The Morgan fingerprint density at radius 2 is 1.86 bits per heavy atom. The van der Waals surface area contributed by atoms with E-state index >= 15 is 0 Å². The number of nitrogens with zero attached hydrogens (tertiary/aromatic N) is 4. The van der Waals surface area contributed by atoms with Gasteiger partial charge in [0.2, 0.25) is 11.7 Å². The molecule has 0 fully saturated rings. The molecule has 3 heterocycles. The molecule has 0 aliphatic rings. The number of carbonyl (C=O) groups excluding carboxylic acids is 1. The minimum Gasteiger partial charge on any atom is -0.333 e. The van der Waals surface area contributed by atoms with Gasteiger partial charge in [0, 0.05) is 11.6 Å². The zero-order chi connectivity index (χ0) is 24.7. The van der Waals surface area contributed by atoms with E-state index in [1.165, 1.54) is 41.9 Å². The van der Waals surface area contributed by atoms with Gasteiger partial charge >= 0.3 is 0 Å². The first-order valence-corrected chi connectivity index (χ1v) is 11.0. The molecule has 0 unspecified atom stereocenters. The number of hydrogen-bond acceptors (Lipinski definition) is 7. The van der Waals surface area contributed by atoms with Gasteiger partial charge in [-0.25, -0.2) is 18.2 Å². The lowest BCUT2D eigenvalue weighted by molar-refractivity contribution is -0.116. The highest BCUT2D eigenvalue weighted by molar-refractivity contribution is 7.22. The van der Waals surface area contributed by atoms with Crippen molar-refractivity contribution in [1.82, 2.24) is 19.7 Å². The Hall–Kier alpha value is -4.32. The van der Waals surface area contributed by atoms with Crippen LogP contribution in [-0.4, -0.2) is 25.6 Å². The van der Waals surface area contributed by atoms with Gasteiger partial charge in [-0.2, -0.15) is 4.98 Å². The molecule has 0 spiro atoms. The number of aryl methyl sites for hydroxylation is 1. The predicted octanol–water partition coefficient (Wildman–Crippen LogP) is 4.54. The highest BCUT2D eigenvalue weighted by Gasteiger charge is 2.21. The second-order valence-corrected chi connectivity index (χ2v) is 8.52. The van der Waals surface area contributed by atoms with Crippen LogP contribution in [0.3, 0.4) is 0 Å². The molecule has 0 atom stereocenters. The number of carbonyl (C=O) groups is 1. The van der Waals surface area contributed by atoms with Gasteiger partial charge in [-0.1, -0.05) is 5.16 Å². The summed E-state index contributed by atoms with van der Waals surface area (Å²) >= 11 is 1.17. The Kier molecular flexibility index (Phi) is 5.65. The molecule has 2 aromatic carbocycles. The first-order valence-electron chi connectivity index (χ1n) is 10.1. The Balaban J connectivity index is 1.43. The normalized spacial score (nSPS) is 11.2. The lowest BCUT2D eigenvalue weighted by Crippen LogP contribution is -2.28. The van der Waals surface area contributed by atoms with E-state index in [2.05, 4.69) is 20.4 Å². The highest BCUT2D eigenvalue weighted by Crippen LogP contribution is 2.35. The fourth-order valence-corrected chi connectivity index (χ4v) is 4.50. The van der Waals surface area contributed by atoms with E-state index in [-0.39, 0.29) is 22.8 Å². The average Bonchev–Trinajstić information content (AvgIpc) is 3.43. The summed E-state index contributed by atoms with van der Waals surface area (Å²) in [5, 5.41) is 6.50. The number of benzene rings is 2. The first kappa shape index (κ1) is 22.5.